The Hall–Kier alpha value is -0.680. The van der Waals surface area contributed by atoms with E-state index in [-0.39, 0.29) is 36.8 Å². The topological polar surface area (TPSA) is 58.4 Å². The summed E-state index contributed by atoms with van der Waals surface area (Å²) in [5, 5.41) is 3.62. The highest BCUT2D eigenvalue weighted by atomic mass is 35.5. The predicted octanol–water partition coefficient (Wildman–Crippen LogP) is 4.24. The first-order valence-corrected chi connectivity index (χ1v) is 8.04. The number of carbonyl (C=O) groups is 1. The van der Waals surface area contributed by atoms with Gasteiger partial charge >= 0.3 is 0 Å². The van der Waals surface area contributed by atoms with Crippen LogP contribution < -0.4 is 16.0 Å². The summed E-state index contributed by atoms with van der Waals surface area (Å²) in [5.74, 6) is -0.00664. The third-order valence-corrected chi connectivity index (χ3v) is 3.99. The van der Waals surface area contributed by atoms with E-state index in [0.717, 1.165) is 24.5 Å². The highest BCUT2D eigenvalue weighted by Crippen LogP contribution is 2.31. The second kappa shape index (κ2) is 11.0. The Kier molecular flexibility index (Phi) is 10.7. The maximum Gasteiger partial charge on any atom is 0.224 e. The zero-order chi connectivity index (χ0) is 15.2. The fraction of sp³-hybridized carbons (Fsp3) is 0.562. The maximum atomic E-state index is 12.0. The van der Waals surface area contributed by atoms with E-state index in [2.05, 4.69) is 10.2 Å². The molecule has 1 fully saturated rings. The first kappa shape index (κ1) is 22.3. The van der Waals surface area contributed by atoms with Crippen molar-refractivity contribution < 1.29 is 4.79 Å². The van der Waals surface area contributed by atoms with Crippen molar-refractivity contribution in [1.29, 1.82) is 0 Å². The van der Waals surface area contributed by atoms with Gasteiger partial charge in [0.1, 0.15) is 0 Å². The first-order chi connectivity index (χ1) is 10.1. The summed E-state index contributed by atoms with van der Waals surface area (Å²) in [6.45, 7) is 3.97. The van der Waals surface area contributed by atoms with Crippen LogP contribution in [0, 0.1) is 0 Å². The van der Waals surface area contributed by atoms with Crippen molar-refractivity contribution >= 4 is 53.7 Å². The lowest BCUT2D eigenvalue weighted by molar-refractivity contribution is -0.116. The highest BCUT2D eigenvalue weighted by Gasteiger charge is 2.16. The Labute approximate surface area is 155 Å². The van der Waals surface area contributed by atoms with Crippen LogP contribution in [0.15, 0.2) is 18.2 Å². The second-order valence-corrected chi connectivity index (χ2v) is 6.21. The quantitative estimate of drug-likeness (QED) is 0.800. The molecule has 1 saturated heterocycles. The van der Waals surface area contributed by atoms with Crippen molar-refractivity contribution in [2.45, 2.75) is 45.1 Å². The molecule has 4 nitrogen and oxygen atoms in total. The lowest BCUT2D eigenvalue weighted by Gasteiger charge is -2.30. The summed E-state index contributed by atoms with van der Waals surface area (Å²) < 4.78 is 0. The van der Waals surface area contributed by atoms with Crippen LogP contribution >= 0.6 is 36.4 Å². The normalized spacial score (nSPS) is 15.2. The molecule has 1 aliphatic rings. The predicted molar refractivity (Wildman–Crippen MR) is 104 cm³/mol. The number of amides is 1. The number of anilines is 2. The van der Waals surface area contributed by atoms with Gasteiger partial charge in [-0.25, -0.2) is 0 Å². The summed E-state index contributed by atoms with van der Waals surface area (Å²) in [7, 11) is 0. The zero-order valence-electron chi connectivity index (χ0n) is 13.4. The van der Waals surface area contributed by atoms with Crippen molar-refractivity contribution in [2.75, 3.05) is 23.3 Å². The van der Waals surface area contributed by atoms with Crippen LogP contribution in [0.1, 0.15) is 39.0 Å². The molecule has 0 saturated carbocycles. The minimum absolute atomic E-state index is 0. The van der Waals surface area contributed by atoms with E-state index < -0.39 is 0 Å². The average molecular weight is 383 g/mol. The number of nitrogens with zero attached hydrogens (tertiary/aromatic N) is 1. The maximum absolute atomic E-state index is 12.0. The number of nitrogens with two attached hydrogens (primary N) is 1. The SMILES string of the molecule is CC(N)CCC(=O)Nc1cc(Cl)ccc1N1CCCCC1.Cl.Cl. The van der Waals surface area contributed by atoms with Crippen molar-refractivity contribution in [3.8, 4) is 0 Å². The van der Waals surface area contributed by atoms with Crippen molar-refractivity contribution in [3.63, 3.8) is 0 Å². The van der Waals surface area contributed by atoms with E-state index in [4.69, 9.17) is 17.3 Å². The summed E-state index contributed by atoms with van der Waals surface area (Å²) >= 11 is 6.08. The van der Waals surface area contributed by atoms with E-state index in [1.807, 2.05) is 25.1 Å². The van der Waals surface area contributed by atoms with Crippen LogP contribution in [0.5, 0.6) is 0 Å². The molecule has 132 valence electrons. The van der Waals surface area contributed by atoms with Crippen LogP contribution in [-0.2, 0) is 4.79 Å². The number of halogens is 3. The van der Waals surface area contributed by atoms with Gasteiger partial charge in [0.2, 0.25) is 5.91 Å². The van der Waals surface area contributed by atoms with Crippen molar-refractivity contribution in [3.05, 3.63) is 23.2 Å². The first-order valence-electron chi connectivity index (χ1n) is 7.66. The summed E-state index contributed by atoms with van der Waals surface area (Å²) in [6, 6.07) is 5.74. The van der Waals surface area contributed by atoms with Gasteiger partial charge in [-0.1, -0.05) is 11.6 Å². The van der Waals surface area contributed by atoms with Crippen molar-refractivity contribution in [2.24, 2.45) is 5.73 Å². The number of benzene rings is 1. The van der Waals surface area contributed by atoms with Gasteiger partial charge in [0, 0.05) is 30.6 Å². The highest BCUT2D eigenvalue weighted by molar-refractivity contribution is 6.31. The van der Waals surface area contributed by atoms with Gasteiger partial charge in [-0.3, -0.25) is 4.79 Å². The third kappa shape index (κ3) is 7.17. The standard InChI is InChI=1S/C16H24ClN3O.2ClH/c1-12(18)5-8-16(21)19-14-11-13(17)6-7-15(14)20-9-3-2-4-10-20;;/h6-7,11-12H,2-5,8-10,18H2,1H3,(H,19,21);2*1H. The molecule has 1 aromatic rings. The molecule has 23 heavy (non-hydrogen) atoms. The number of carbonyl (C=O) groups excluding carboxylic acids is 1. The van der Waals surface area contributed by atoms with Gasteiger partial charge in [0.15, 0.2) is 0 Å². The minimum atomic E-state index is -0.00664. The number of nitrogens with one attached hydrogen (secondary N) is 1. The molecule has 0 bridgehead atoms. The van der Waals surface area contributed by atoms with Gasteiger partial charge < -0.3 is 16.0 Å². The lowest BCUT2D eigenvalue weighted by Crippen LogP contribution is -2.30. The summed E-state index contributed by atoms with van der Waals surface area (Å²) in [6.07, 6.45) is 4.79. The van der Waals surface area contributed by atoms with Gasteiger partial charge in [-0.05, 0) is 50.8 Å². The Morgan fingerprint density at radius 2 is 1.96 bits per heavy atom. The fourth-order valence-corrected chi connectivity index (χ4v) is 2.76. The smallest absolute Gasteiger partial charge is 0.224 e. The van der Waals surface area contributed by atoms with E-state index in [1.165, 1.54) is 19.3 Å². The molecule has 0 aromatic heterocycles. The van der Waals surface area contributed by atoms with Gasteiger partial charge in [-0.15, -0.1) is 24.8 Å². The average Bonchev–Trinajstić information content (AvgIpc) is 2.46. The van der Waals surface area contributed by atoms with Crippen LogP contribution in [0.25, 0.3) is 0 Å². The number of piperidine rings is 1. The minimum Gasteiger partial charge on any atom is -0.370 e. The van der Waals surface area contributed by atoms with Crippen molar-refractivity contribution in [1.82, 2.24) is 0 Å². The van der Waals surface area contributed by atoms with E-state index >= 15 is 0 Å². The molecule has 1 amide bonds. The van der Waals surface area contributed by atoms with Gasteiger partial charge in [-0.2, -0.15) is 0 Å². The molecule has 3 N–H and O–H groups in total. The number of hydrogen-bond acceptors (Lipinski definition) is 3. The lowest BCUT2D eigenvalue weighted by atomic mass is 10.1. The fourth-order valence-electron chi connectivity index (χ4n) is 2.59. The molecular weight excluding hydrogens is 357 g/mol. The van der Waals surface area contributed by atoms with Gasteiger partial charge in [0.05, 0.1) is 11.4 Å². The monoisotopic (exact) mass is 381 g/mol. The van der Waals surface area contributed by atoms with Crippen LogP contribution in [0.2, 0.25) is 5.02 Å². The molecule has 1 aliphatic heterocycles. The summed E-state index contributed by atoms with van der Waals surface area (Å²) in [5.41, 5.74) is 7.56. The third-order valence-electron chi connectivity index (χ3n) is 3.76. The molecule has 1 unspecified atom stereocenters. The molecule has 1 heterocycles. The summed E-state index contributed by atoms with van der Waals surface area (Å²) in [4.78, 5) is 14.4. The Bertz CT molecular complexity index is 491. The molecule has 2 rings (SSSR count). The molecule has 0 aliphatic carbocycles. The zero-order valence-corrected chi connectivity index (χ0v) is 15.8. The van der Waals surface area contributed by atoms with Crippen LogP contribution in [0.4, 0.5) is 11.4 Å². The van der Waals surface area contributed by atoms with Crippen LogP contribution in [-0.4, -0.2) is 25.0 Å². The van der Waals surface area contributed by atoms with E-state index in [1.54, 1.807) is 0 Å². The van der Waals surface area contributed by atoms with E-state index in [0.29, 0.717) is 17.9 Å². The van der Waals surface area contributed by atoms with Gasteiger partial charge in [0.25, 0.3) is 0 Å². The Balaban J connectivity index is 0.00000242. The number of rotatable bonds is 5. The largest absolute Gasteiger partial charge is 0.370 e. The molecule has 1 atom stereocenters. The molecule has 1 aromatic carbocycles. The molecule has 0 radical (unpaired) electrons. The second-order valence-electron chi connectivity index (χ2n) is 5.77. The Morgan fingerprint density at radius 3 is 2.57 bits per heavy atom. The molecule has 0 spiro atoms. The molecular formula is C16H26Cl3N3O. The number of hydrogen-bond donors (Lipinski definition) is 2. The Morgan fingerprint density at radius 1 is 1.30 bits per heavy atom. The van der Waals surface area contributed by atoms with E-state index in [9.17, 15) is 4.79 Å². The van der Waals surface area contributed by atoms with Crippen LogP contribution in [0.3, 0.4) is 0 Å². The molecule has 7 heteroatoms.